The second-order valence-corrected chi connectivity index (χ2v) is 4.97. The maximum Gasteiger partial charge on any atom is 0.236 e. The zero-order chi connectivity index (χ0) is 13.4. The van der Waals surface area contributed by atoms with Crippen LogP contribution < -0.4 is 11.1 Å². The fraction of sp³-hybridized carbons (Fsp3) is 0.923. The summed E-state index contributed by atoms with van der Waals surface area (Å²) in [7, 11) is 1.72. The molecule has 0 saturated carbocycles. The molecular formula is C13H27N3O2. The molecular weight excluding hydrogens is 230 g/mol. The molecule has 2 atom stereocenters. The molecule has 0 aromatic rings. The van der Waals surface area contributed by atoms with Gasteiger partial charge in [-0.25, -0.2) is 0 Å². The van der Waals surface area contributed by atoms with Gasteiger partial charge in [0.05, 0.1) is 12.6 Å². The van der Waals surface area contributed by atoms with E-state index in [1.165, 1.54) is 6.42 Å². The molecule has 0 bridgehead atoms. The molecule has 5 nitrogen and oxygen atoms in total. The molecule has 1 heterocycles. The summed E-state index contributed by atoms with van der Waals surface area (Å²) in [5.74, 6) is -0.0181. The third-order valence-electron chi connectivity index (χ3n) is 3.53. The Kier molecular flexibility index (Phi) is 7.23. The van der Waals surface area contributed by atoms with E-state index in [4.69, 9.17) is 10.5 Å². The van der Waals surface area contributed by atoms with Crippen LogP contribution in [0.5, 0.6) is 0 Å². The monoisotopic (exact) mass is 257 g/mol. The van der Waals surface area contributed by atoms with Gasteiger partial charge in [0.25, 0.3) is 0 Å². The minimum absolute atomic E-state index is 0.0181. The lowest BCUT2D eigenvalue weighted by Gasteiger charge is -2.24. The van der Waals surface area contributed by atoms with Crippen LogP contribution in [0.3, 0.4) is 0 Å². The molecule has 0 spiro atoms. The van der Waals surface area contributed by atoms with Crippen molar-refractivity contribution in [1.29, 1.82) is 0 Å². The molecule has 2 unspecified atom stereocenters. The summed E-state index contributed by atoms with van der Waals surface area (Å²) in [4.78, 5) is 14.1. The topological polar surface area (TPSA) is 67.6 Å². The van der Waals surface area contributed by atoms with E-state index in [-0.39, 0.29) is 11.9 Å². The smallest absolute Gasteiger partial charge is 0.236 e. The largest absolute Gasteiger partial charge is 0.383 e. The van der Waals surface area contributed by atoms with Gasteiger partial charge in [-0.1, -0.05) is 13.3 Å². The van der Waals surface area contributed by atoms with Gasteiger partial charge < -0.3 is 15.8 Å². The van der Waals surface area contributed by atoms with Crippen LogP contribution in [0.15, 0.2) is 0 Å². The number of methoxy groups -OCH3 is 1. The highest BCUT2D eigenvalue weighted by molar-refractivity contribution is 5.81. The number of hydrogen-bond acceptors (Lipinski definition) is 4. The van der Waals surface area contributed by atoms with Crippen LogP contribution in [0.4, 0.5) is 0 Å². The number of nitrogens with one attached hydrogen (secondary N) is 1. The molecule has 1 fully saturated rings. The second kappa shape index (κ2) is 8.45. The van der Waals surface area contributed by atoms with Crippen molar-refractivity contribution in [2.45, 2.75) is 44.7 Å². The SMILES string of the molecule is CCCC(N)C(=O)NCC1CCCN1CCOC. The summed E-state index contributed by atoms with van der Waals surface area (Å²) in [6.45, 7) is 5.54. The first-order valence-corrected chi connectivity index (χ1v) is 6.95. The third-order valence-corrected chi connectivity index (χ3v) is 3.53. The molecule has 0 aliphatic carbocycles. The van der Waals surface area contributed by atoms with Crippen LogP contribution in [-0.2, 0) is 9.53 Å². The van der Waals surface area contributed by atoms with Gasteiger partial charge in [-0.15, -0.1) is 0 Å². The number of nitrogens with two attached hydrogens (primary N) is 1. The number of amides is 1. The lowest BCUT2D eigenvalue weighted by atomic mass is 10.1. The summed E-state index contributed by atoms with van der Waals surface area (Å²) in [6, 6.07) is 0.0850. The van der Waals surface area contributed by atoms with E-state index in [1.54, 1.807) is 7.11 Å². The predicted molar refractivity (Wildman–Crippen MR) is 72.4 cm³/mol. The zero-order valence-electron chi connectivity index (χ0n) is 11.7. The number of nitrogens with zero attached hydrogens (tertiary/aromatic N) is 1. The van der Waals surface area contributed by atoms with Crippen molar-refractivity contribution in [1.82, 2.24) is 10.2 Å². The number of carbonyl (C=O) groups excluding carboxylic acids is 1. The molecule has 0 radical (unpaired) electrons. The van der Waals surface area contributed by atoms with E-state index >= 15 is 0 Å². The predicted octanol–water partition coefficient (Wildman–Crippen LogP) is 0.341. The van der Waals surface area contributed by atoms with Gasteiger partial charge in [0.1, 0.15) is 0 Å². The highest BCUT2D eigenvalue weighted by Gasteiger charge is 2.24. The number of ether oxygens (including phenoxy) is 1. The fourth-order valence-electron chi connectivity index (χ4n) is 2.42. The lowest BCUT2D eigenvalue weighted by Crippen LogP contribution is -2.46. The first-order valence-electron chi connectivity index (χ1n) is 6.95. The van der Waals surface area contributed by atoms with Gasteiger partial charge in [0, 0.05) is 26.2 Å². The highest BCUT2D eigenvalue weighted by Crippen LogP contribution is 2.15. The standard InChI is InChI=1S/C13H27N3O2/c1-3-5-12(14)13(17)15-10-11-6-4-7-16(11)8-9-18-2/h11-12H,3-10,14H2,1-2H3,(H,15,17). The summed E-state index contributed by atoms with van der Waals surface area (Å²) < 4.78 is 5.10. The highest BCUT2D eigenvalue weighted by atomic mass is 16.5. The number of rotatable bonds is 8. The molecule has 1 amide bonds. The van der Waals surface area contributed by atoms with Gasteiger partial charge in [0.15, 0.2) is 0 Å². The Bertz CT molecular complexity index is 248. The number of carbonyl (C=O) groups is 1. The van der Waals surface area contributed by atoms with E-state index in [9.17, 15) is 4.79 Å². The molecule has 1 aliphatic rings. The Morgan fingerprint density at radius 3 is 3.06 bits per heavy atom. The van der Waals surface area contributed by atoms with Crippen LogP contribution in [-0.4, -0.2) is 56.2 Å². The molecule has 0 aromatic heterocycles. The zero-order valence-corrected chi connectivity index (χ0v) is 11.7. The molecule has 1 rings (SSSR count). The van der Waals surface area contributed by atoms with Gasteiger partial charge in [-0.3, -0.25) is 9.69 Å². The summed E-state index contributed by atoms with van der Waals surface area (Å²) >= 11 is 0. The minimum Gasteiger partial charge on any atom is -0.383 e. The van der Waals surface area contributed by atoms with Crippen molar-refractivity contribution in [2.75, 3.05) is 33.4 Å². The maximum atomic E-state index is 11.7. The average Bonchev–Trinajstić information content (AvgIpc) is 2.81. The molecule has 18 heavy (non-hydrogen) atoms. The molecule has 5 heteroatoms. The first-order chi connectivity index (χ1) is 8.69. The third kappa shape index (κ3) is 4.92. The van der Waals surface area contributed by atoms with Crippen molar-refractivity contribution in [3.8, 4) is 0 Å². The van der Waals surface area contributed by atoms with E-state index in [0.29, 0.717) is 12.6 Å². The summed E-state index contributed by atoms with van der Waals surface area (Å²) in [5, 5.41) is 2.97. The van der Waals surface area contributed by atoms with Crippen molar-refractivity contribution >= 4 is 5.91 Å². The van der Waals surface area contributed by atoms with Crippen molar-refractivity contribution in [3.05, 3.63) is 0 Å². The van der Waals surface area contributed by atoms with E-state index in [1.807, 2.05) is 6.92 Å². The quantitative estimate of drug-likeness (QED) is 0.658. The number of likely N-dealkylation sites (tertiary alicyclic amines) is 1. The van der Waals surface area contributed by atoms with Crippen LogP contribution in [0.1, 0.15) is 32.6 Å². The van der Waals surface area contributed by atoms with Crippen molar-refractivity contribution in [2.24, 2.45) is 5.73 Å². The van der Waals surface area contributed by atoms with Crippen LogP contribution in [0.25, 0.3) is 0 Å². The minimum atomic E-state index is -0.358. The van der Waals surface area contributed by atoms with Crippen LogP contribution in [0, 0.1) is 0 Å². The van der Waals surface area contributed by atoms with Gasteiger partial charge >= 0.3 is 0 Å². The Hall–Kier alpha value is -0.650. The van der Waals surface area contributed by atoms with E-state index in [2.05, 4.69) is 10.2 Å². The fourth-order valence-corrected chi connectivity index (χ4v) is 2.42. The Morgan fingerprint density at radius 1 is 1.61 bits per heavy atom. The lowest BCUT2D eigenvalue weighted by molar-refractivity contribution is -0.122. The van der Waals surface area contributed by atoms with Crippen LogP contribution in [0.2, 0.25) is 0 Å². The number of hydrogen-bond donors (Lipinski definition) is 2. The molecule has 1 aliphatic heterocycles. The molecule has 0 aromatic carbocycles. The Balaban J connectivity index is 2.26. The summed E-state index contributed by atoms with van der Waals surface area (Å²) in [5.41, 5.74) is 5.78. The van der Waals surface area contributed by atoms with Gasteiger partial charge in [0.2, 0.25) is 5.91 Å². The normalized spacial score (nSPS) is 22.1. The average molecular weight is 257 g/mol. The molecule has 1 saturated heterocycles. The van der Waals surface area contributed by atoms with Crippen molar-refractivity contribution in [3.63, 3.8) is 0 Å². The van der Waals surface area contributed by atoms with Crippen molar-refractivity contribution < 1.29 is 9.53 Å². The molecule has 106 valence electrons. The second-order valence-electron chi connectivity index (χ2n) is 4.97. The Labute approximate surface area is 110 Å². The first kappa shape index (κ1) is 15.4. The van der Waals surface area contributed by atoms with Gasteiger partial charge in [-0.05, 0) is 25.8 Å². The van der Waals surface area contributed by atoms with Crippen LogP contribution >= 0.6 is 0 Å². The Morgan fingerprint density at radius 2 is 2.39 bits per heavy atom. The maximum absolute atomic E-state index is 11.7. The van der Waals surface area contributed by atoms with E-state index < -0.39 is 0 Å². The van der Waals surface area contributed by atoms with Gasteiger partial charge in [-0.2, -0.15) is 0 Å². The summed E-state index contributed by atoms with van der Waals surface area (Å²) in [6.07, 6.45) is 4.04. The van der Waals surface area contributed by atoms with E-state index in [0.717, 1.165) is 39.0 Å². The molecule has 3 N–H and O–H groups in total.